The Hall–Kier alpha value is -2.35. The Morgan fingerprint density at radius 1 is 1.14 bits per heavy atom. The van der Waals surface area contributed by atoms with E-state index in [4.69, 9.17) is 11.6 Å². The molecule has 2 amide bonds. The van der Waals surface area contributed by atoms with Crippen LogP contribution in [-0.2, 0) is 4.79 Å². The second kappa shape index (κ2) is 9.91. The zero-order chi connectivity index (χ0) is 20.8. The Morgan fingerprint density at radius 2 is 1.86 bits per heavy atom. The summed E-state index contributed by atoms with van der Waals surface area (Å²) in [7, 11) is 0. The number of thiazole rings is 1. The van der Waals surface area contributed by atoms with Gasteiger partial charge in [-0.05, 0) is 38.1 Å². The molecule has 0 aliphatic heterocycles. The lowest BCUT2D eigenvalue weighted by Gasteiger charge is -2.10. The molecule has 0 aliphatic carbocycles. The zero-order valence-corrected chi connectivity index (χ0v) is 18.3. The highest BCUT2D eigenvalue weighted by Gasteiger charge is 2.15. The van der Waals surface area contributed by atoms with Gasteiger partial charge in [0.05, 0.1) is 17.0 Å². The lowest BCUT2D eigenvalue weighted by atomic mass is 10.2. The number of aromatic nitrogens is 1. The first-order valence-corrected chi connectivity index (χ1v) is 11.2. The fraction of sp³-hybridized carbons (Fsp3) is 0.190. The standard InChI is InChI=1S/C21H20ClN3O2S2/c1-13(2)23-19(26)12-28-18-6-4-3-5-16(18)20(27)25-21-24-17(11-29-21)14-7-9-15(22)10-8-14/h3-11,13H,12H2,1-2H3,(H,23,26)(H,24,25,27). The largest absolute Gasteiger partial charge is 0.353 e. The van der Waals surface area contributed by atoms with Gasteiger partial charge in [0.1, 0.15) is 0 Å². The lowest BCUT2D eigenvalue weighted by molar-refractivity contribution is -0.119. The highest BCUT2D eigenvalue weighted by Crippen LogP contribution is 2.28. The molecular formula is C21H20ClN3O2S2. The molecule has 0 unspecified atom stereocenters. The Bertz CT molecular complexity index is 1000. The molecule has 0 saturated heterocycles. The van der Waals surface area contributed by atoms with Crippen LogP contribution in [0.3, 0.4) is 0 Å². The number of halogens is 1. The van der Waals surface area contributed by atoms with E-state index in [0.29, 0.717) is 15.7 Å². The first-order chi connectivity index (χ1) is 13.9. The van der Waals surface area contributed by atoms with Gasteiger partial charge in [-0.2, -0.15) is 0 Å². The number of anilines is 1. The number of amides is 2. The van der Waals surface area contributed by atoms with Gasteiger partial charge in [-0.1, -0.05) is 35.9 Å². The van der Waals surface area contributed by atoms with Crippen LogP contribution in [0.2, 0.25) is 5.02 Å². The van der Waals surface area contributed by atoms with Crippen LogP contribution in [0.5, 0.6) is 0 Å². The van der Waals surface area contributed by atoms with E-state index in [9.17, 15) is 9.59 Å². The van der Waals surface area contributed by atoms with E-state index in [-0.39, 0.29) is 23.6 Å². The molecule has 0 spiro atoms. The molecule has 29 heavy (non-hydrogen) atoms. The second-order valence-electron chi connectivity index (χ2n) is 6.51. The summed E-state index contributed by atoms with van der Waals surface area (Å²) < 4.78 is 0. The van der Waals surface area contributed by atoms with Gasteiger partial charge >= 0.3 is 0 Å². The third kappa shape index (κ3) is 6.06. The van der Waals surface area contributed by atoms with Gasteiger partial charge in [-0.25, -0.2) is 4.98 Å². The fourth-order valence-corrected chi connectivity index (χ4v) is 4.24. The van der Waals surface area contributed by atoms with Gasteiger partial charge in [0, 0.05) is 26.9 Å². The third-order valence-corrected chi connectivity index (χ3v) is 5.89. The number of rotatable bonds is 7. The van der Waals surface area contributed by atoms with Crippen LogP contribution in [-0.4, -0.2) is 28.6 Å². The molecule has 1 aromatic heterocycles. The van der Waals surface area contributed by atoms with E-state index < -0.39 is 0 Å². The molecule has 3 aromatic rings. The highest BCUT2D eigenvalue weighted by molar-refractivity contribution is 8.00. The Balaban J connectivity index is 1.68. The van der Waals surface area contributed by atoms with E-state index in [1.165, 1.54) is 23.1 Å². The summed E-state index contributed by atoms with van der Waals surface area (Å²) in [4.78, 5) is 29.9. The molecule has 2 aromatic carbocycles. The smallest absolute Gasteiger partial charge is 0.258 e. The summed E-state index contributed by atoms with van der Waals surface area (Å²) in [6.07, 6.45) is 0. The molecule has 8 heteroatoms. The number of nitrogens with one attached hydrogen (secondary N) is 2. The van der Waals surface area contributed by atoms with Gasteiger partial charge in [-0.3, -0.25) is 14.9 Å². The number of thioether (sulfide) groups is 1. The van der Waals surface area contributed by atoms with Crippen LogP contribution in [0.15, 0.2) is 58.8 Å². The Labute approximate surface area is 182 Å². The molecule has 0 fully saturated rings. The van der Waals surface area contributed by atoms with Crippen molar-refractivity contribution < 1.29 is 9.59 Å². The van der Waals surface area contributed by atoms with E-state index in [1.54, 1.807) is 24.3 Å². The zero-order valence-electron chi connectivity index (χ0n) is 15.9. The molecule has 0 atom stereocenters. The summed E-state index contributed by atoms with van der Waals surface area (Å²) in [6.45, 7) is 3.83. The molecule has 2 N–H and O–H groups in total. The molecule has 5 nitrogen and oxygen atoms in total. The Morgan fingerprint density at radius 3 is 2.59 bits per heavy atom. The number of hydrogen-bond acceptors (Lipinski definition) is 5. The van der Waals surface area contributed by atoms with Crippen molar-refractivity contribution in [3.63, 3.8) is 0 Å². The van der Waals surface area contributed by atoms with Crippen molar-refractivity contribution >= 4 is 51.6 Å². The van der Waals surface area contributed by atoms with E-state index >= 15 is 0 Å². The minimum Gasteiger partial charge on any atom is -0.353 e. The number of carbonyl (C=O) groups excluding carboxylic acids is 2. The van der Waals surface area contributed by atoms with Crippen molar-refractivity contribution in [3.8, 4) is 11.3 Å². The summed E-state index contributed by atoms with van der Waals surface area (Å²) in [5.74, 6) is -0.0670. The van der Waals surface area contributed by atoms with E-state index in [2.05, 4.69) is 15.6 Å². The molecule has 0 saturated carbocycles. The van der Waals surface area contributed by atoms with Crippen LogP contribution in [0.4, 0.5) is 5.13 Å². The summed E-state index contributed by atoms with van der Waals surface area (Å²) in [5.41, 5.74) is 2.21. The Kier molecular flexibility index (Phi) is 7.30. The second-order valence-corrected chi connectivity index (χ2v) is 8.82. The minimum absolute atomic E-state index is 0.0623. The van der Waals surface area contributed by atoms with Gasteiger partial charge in [0.2, 0.25) is 5.91 Å². The normalized spacial score (nSPS) is 10.8. The number of nitrogens with zero attached hydrogens (tertiary/aromatic N) is 1. The lowest BCUT2D eigenvalue weighted by Crippen LogP contribution is -2.31. The highest BCUT2D eigenvalue weighted by atomic mass is 35.5. The van der Waals surface area contributed by atoms with Crippen LogP contribution in [0, 0.1) is 0 Å². The third-order valence-electron chi connectivity index (χ3n) is 3.80. The van der Waals surface area contributed by atoms with Crippen molar-refractivity contribution in [3.05, 3.63) is 64.5 Å². The predicted octanol–water partition coefficient (Wildman–Crippen LogP) is 5.33. The fourth-order valence-electron chi connectivity index (χ4n) is 2.54. The monoisotopic (exact) mass is 445 g/mol. The molecule has 0 aliphatic rings. The van der Waals surface area contributed by atoms with Crippen LogP contribution in [0.25, 0.3) is 11.3 Å². The average Bonchev–Trinajstić information content (AvgIpc) is 3.15. The molecular weight excluding hydrogens is 426 g/mol. The van der Waals surface area contributed by atoms with E-state index in [1.807, 2.05) is 43.5 Å². The van der Waals surface area contributed by atoms with Gasteiger partial charge in [-0.15, -0.1) is 23.1 Å². The maximum Gasteiger partial charge on any atom is 0.258 e. The maximum absolute atomic E-state index is 12.8. The van der Waals surface area contributed by atoms with Crippen molar-refractivity contribution in [2.45, 2.75) is 24.8 Å². The quantitative estimate of drug-likeness (QED) is 0.482. The first-order valence-electron chi connectivity index (χ1n) is 8.96. The van der Waals surface area contributed by atoms with Crippen LogP contribution >= 0.6 is 34.7 Å². The minimum atomic E-state index is -0.255. The van der Waals surface area contributed by atoms with Gasteiger partial charge in [0.25, 0.3) is 5.91 Å². The summed E-state index contributed by atoms with van der Waals surface area (Å²) in [5, 5.41) is 8.75. The maximum atomic E-state index is 12.8. The van der Waals surface area contributed by atoms with Crippen molar-refractivity contribution in [2.24, 2.45) is 0 Å². The summed E-state index contributed by atoms with van der Waals surface area (Å²) in [6, 6.07) is 14.7. The SMILES string of the molecule is CC(C)NC(=O)CSc1ccccc1C(=O)Nc1nc(-c2ccc(Cl)cc2)cs1. The summed E-state index contributed by atoms with van der Waals surface area (Å²) >= 11 is 8.62. The van der Waals surface area contributed by atoms with Crippen LogP contribution < -0.4 is 10.6 Å². The predicted molar refractivity (Wildman–Crippen MR) is 121 cm³/mol. The van der Waals surface area contributed by atoms with Gasteiger partial charge in [0.15, 0.2) is 5.13 Å². The number of hydrogen-bond donors (Lipinski definition) is 2. The number of carbonyl (C=O) groups is 2. The molecule has 0 bridgehead atoms. The van der Waals surface area contributed by atoms with Gasteiger partial charge < -0.3 is 5.32 Å². The molecule has 1 heterocycles. The van der Waals surface area contributed by atoms with E-state index in [0.717, 1.165) is 16.2 Å². The van der Waals surface area contributed by atoms with Crippen molar-refractivity contribution in [1.82, 2.24) is 10.3 Å². The first kappa shape index (κ1) is 21.4. The molecule has 3 rings (SSSR count). The topological polar surface area (TPSA) is 71.1 Å². The average molecular weight is 446 g/mol. The molecule has 0 radical (unpaired) electrons. The van der Waals surface area contributed by atoms with Crippen molar-refractivity contribution in [1.29, 1.82) is 0 Å². The number of benzene rings is 2. The van der Waals surface area contributed by atoms with Crippen molar-refractivity contribution in [2.75, 3.05) is 11.1 Å². The molecule has 150 valence electrons. The van der Waals surface area contributed by atoms with Crippen LogP contribution in [0.1, 0.15) is 24.2 Å².